The molecule has 0 radical (unpaired) electrons. The summed E-state index contributed by atoms with van der Waals surface area (Å²) in [5.41, 5.74) is 0. The minimum absolute atomic E-state index is 0.677. The SMILES string of the molecule is CC(=O)OCC(OC(C)=O)C(OC(C)=O)C(OC(C)=O)C(OC(C)=O)C(OC(C)=O)OC(C)=O. The Bertz CT molecular complexity index is 772. The molecule has 0 aliphatic carbocycles. The molecule has 4 atom stereocenters. The lowest BCUT2D eigenvalue weighted by Crippen LogP contribution is -2.57. The molecule has 34 heavy (non-hydrogen) atoms. The Morgan fingerprint density at radius 1 is 0.441 bits per heavy atom. The molecule has 0 aromatic carbocycles. The van der Waals surface area contributed by atoms with Crippen molar-refractivity contribution >= 4 is 41.8 Å². The Morgan fingerprint density at radius 3 is 1.15 bits per heavy atom. The van der Waals surface area contributed by atoms with Crippen LogP contribution >= 0.6 is 0 Å². The van der Waals surface area contributed by atoms with Crippen LogP contribution in [0.2, 0.25) is 0 Å². The zero-order valence-electron chi connectivity index (χ0n) is 19.8. The fraction of sp³-hybridized carbons (Fsp3) is 0.650. The number of carbonyl (C=O) groups excluding carboxylic acids is 7. The van der Waals surface area contributed by atoms with Crippen LogP contribution in [0.25, 0.3) is 0 Å². The maximum absolute atomic E-state index is 11.9. The summed E-state index contributed by atoms with van der Waals surface area (Å²) in [6.45, 7) is 6.13. The molecule has 14 heteroatoms. The van der Waals surface area contributed by atoms with Crippen molar-refractivity contribution < 1.29 is 66.7 Å². The third-order valence-corrected chi connectivity index (χ3v) is 3.52. The molecular formula is C20H28O14. The number of esters is 7. The molecule has 0 spiro atoms. The highest BCUT2D eigenvalue weighted by molar-refractivity contribution is 5.70. The van der Waals surface area contributed by atoms with Gasteiger partial charge in [0.15, 0.2) is 18.3 Å². The van der Waals surface area contributed by atoms with Gasteiger partial charge >= 0.3 is 41.8 Å². The van der Waals surface area contributed by atoms with Crippen LogP contribution in [0.5, 0.6) is 0 Å². The molecule has 192 valence electrons. The van der Waals surface area contributed by atoms with Gasteiger partial charge in [-0.05, 0) is 0 Å². The third-order valence-electron chi connectivity index (χ3n) is 3.52. The minimum Gasteiger partial charge on any atom is -0.462 e. The topological polar surface area (TPSA) is 184 Å². The number of rotatable bonds is 12. The smallest absolute Gasteiger partial charge is 0.305 e. The second-order valence-corrected chi connectivity index (χ2v) is 6.76. The molecule has 0 rings (SSSR count). The van der Waals surface area contributed by atoms with E-state index in [1.165, 1.54) is 0 Å². The van der Waals surface area contributed by atoms with Crippen molar-refractivity contribution in [2.45, 2.75) is 79.2 Å². The van der Waals surface area contributed by atoms with Gasteiger partial charge in [-0.25, -0.2) is 0 Å². The van der Waals surface area contributed by atoms with Gasteiger partial charge in [-0.3, -0.25) is 33.6 Å². The summed E-state index contributed by atoms with van der Waals surface area (Å²) in [6, 6.07) is 0. The summed E-state index contributed by atoms with van der Waals surface area (Å²) >= 11 is 0. The summed E-state index contributed by atoms with van der Waals surface area (Å²) in [6.07, 6.45) is -9.15. The number of hydrogen-bond donors (Lipinski definition) is 0. The van der Waals surface area contributed by atoms with E-state index in [2.05, 4.69) is 0 Å². The van der Waals surface area contributed by atoms with Crippen LogP contribution in [-0.4, -0.2) is 79.1 Å². The van der Waals surface area contributed by atoms with Gasteiger partial charge in [0.25, 0.3) is 6.29 Å². The van der Waals surface area contributed by atoms with Crippen molar-refractivity contribution in [1.29, 1.82) is 0 Å². The first kappa shape index (κ1) is 30.3. The molecule has 0 saturated carbocycles. The van der Waals surface area contributed by atoms with Crippen molar-refractivity contribution in [3.05, 3.63) is 0 Å². The van der Waals surface area contributed by atoms with Crippen LogP contribution in [0, 0.1) is 0 Å². The van der Waals surface area contributed by atoms with Gasteiger partial charge in [0, 0.05) is 48.5 Å². The van der Waals surface area contributed by atoms with E-state index in [0.29, 0.717) is 0 Å². The van der Waals surface area contributed by atoms with Gasteiger partial charge in [0.05, 0.1) is 0 Å². The average molecular weight is 492 g/mol. The number of ether oxygens (including phenoxy) is 7. The van der Waals surface area contributed by atoms with E-state index in [-0.39, 0.29) is 0 Å². The number of carbonyl (C=O) groups is 7. The van der Waals surface area contributed by atoms with E-state index in [1.54, 1.807) is 0 Å². The van der Waals surface area contributed by atoms with Gasteiger partial charge in [-0.15, -0.1) is 0 Å². The van der Waals surface area contributed by atoms with Crippen LogP contribution in [0.15, 0.2) is 0 Å². The van der Waals surface area contributed by atoms with Crippen LogP contribution < -0.4 is 0 Å². The Kier molecular flexibility index (Phi) is 12.9. The monoisotopic (exact) mass is 492 g/mol. The van der Waals surface area contributed by atoms with E-state index in [1.807, 2.05) is 0 Å². The van der Waals surface area contributed by atoms with Gasteiger partial charge in [0.2, 0.25) is 6.10 Å². The van der Waals surface area contributed by atoms with Crippen molar-refractivity contribution in [2.75, 3.05) is 6.61 Å². The molecule has 0 amide bonds. The summed E-state index contributed by atoms with van der Waals surface area (Å²) in [5, 5.41) is 0. The maximum Gasteiger partial charge on any atom is 0.305 e. The third kappa shape index (κ3) is 12.4. The quantitative estimate of drug-likeness (QED) is 0.197. The first-order valence-electron chi connectivity index (χ1n) is 9.80. The first-order chi connectivity index (χ1) is 15.6. The zero-order valence-corrected chi connectivity index (χ0v) is 19.8. The van der Waals surface area contributed by atoms with Crippen LogP contribution in [0.3, 0.4) is 0 Å². The molecule has 0 aromatic heterocycles. The normalized spacial score (nSPS) is 13.9. The van der Waals surface area contributed by atoms with E-state index >= 15 is 0 Å². The summed E-state index contributed by atoms with van der Waals surface area (Å²) in [5.74, 6) is -6.64. The largest absolute Gasteiger partial charge is 0.462 e. The van der Waals surface area contributed by atoms with Crippen LogP contribution in [0.1, 0.15) is 48.5 Å². The lowest BCUT2D eigenvalue weighted by Gasteiger charge is -2.37. The molecule has 0 aliphatic heterocycles. The number of hydrogen-bond acceptors (Lipinski definition) is 14. The minimum atomic E-state index is -1.98. The Hall–Kier alpha value is -3.71. The molecule has 0 heterocycles. The summed E-state index contributed by atoms with van der Waals surface area (Å²) < 4.78 is 35.2. The molecule has 0 aliphatic rings. The van der Waals surface area contributed by atoms with E-state index in [9.17, 15) is 33.6 Å². The summed E-state index contributed by atoms with van der Waals surface area (Å²) in [7, 11) is 0. The average Bonchev–Trinajstić information content (AvgIpc) is 2.64. The molecule has 0 saturated heterocycles. The maximum atomic E-state index is 11.9. The van der Waals surface area contributed by atoms with Crippen LogP contribution in [-0.2, 0) is 66.7 Å². The molecule has 0 bridgehead atoms. The van der Waals surface area contributed by atoms with Gasteiger partial charge in [-0.2, -0.15) is 0 Å². The Balaban J connectivity index is 6.76. The van der Waals surface area contributed by atoms with E-state index in [0.717, 1.165) is 48.5 Å². The Morgan fingerprint density at radius 2 is 0.794 bits per heavy atom. The van der Waals surface area contributed by atoms with E-state index < -0.39 is 79.1 Å². The first-order valence-corrected chi connectivity index (χ1v) is 9.80. The fourth-order valence-corrected chi connectivity index (χ4v) is 2.62. The standard InChI is InChI=1S/C20H28O14/c1-9(21)28-8-16(29-10(2)22)17(30-11(3)23)18(31-12(4)24)19(32-13(5)25)20(33-14(6)26)34-15(7)27/h16-20H,8H2,1-7H3. The van der Waals surface area contributed by atoms with Gasteiger partial charge < -0.3 is 33.2 Å². The van der Waals surface area contributed by atoms with Crippen molar-refractivity contribution in [2.24, 2.45) is 0 Å². The second-order valence-electron chi connectivity index (χ2n) is 6.76. The van der Waals surface area contributed by atoms with Gasteiger partial charge in [-0.1, -0.05) is 0 Å². The lowest BCUT2D eigenvalue weighted by atomic mass is 10.0. The molecular weight excluding hydrogens is 464 g/mol. The second kappa shape index (κ2) is 14.4. The highest BCUT2D eigenvalue weighted by Gasteiger charge is 2.49. The highest BCUT2D eigenvalue weighted by Crippen LogP contribution is 2.24. The molecule has 0 aromatic rings. The fourth-order valence-electron chi connectivity index (χ4n) is 2.62. The predicted molar refractivity (Wildman–Crippen MR) is 106 cm³/mol. The molecule has 4 unspecified atom stereocenters. The van der Waals surface area contributed by atoms with Crippen molar-refractivity contribution in [3.8, 4) is 0 Å². The lowest BCUT2D eigenvalue weighted by molar-refractivity contribution is -0.243. The molecule has 0 N–H and O–H groups in total. The predicted octanol–water partition coefficient (Wildman–Crippen LogP) is -0.271. The van der Waals surface area contributed by atoms with E-state index in [4.69, 9.17) is 33.2 Å². The molecule has 14 nitrogen and oxygen atoms in total. The zero-order chi connectivity index (χ0) is 26.6. The van der Waals surface area contributed by atoms with Crippen molar-refractivity contribution in [3.63, 3.8) is 0 Å². The Labute approximate surface area is 195 Å². The van der Waals surface area contributed by atoms with Crippen LogP contribution in [0.4, 0.5) is 0 Å². The molecule has 0 fully saturated rings. The van der Waals surface area contributed by atoms with Crippen molar-refractivity contribution in [1.82, 2.24) is 0 Å². The highest BCUT2D eigenvalue weighted by atomic mass is 16.7. The van der Waals surface area contributed by atoms with Gasteiger partial charge in [0.1, 0.15) is 6.61 Å². The summed E-state index contributed by atoms with van der Waals surface area (Å²) in [4.78, 5) is 81.8.